The summed E-state index contributed by atoms with van der Waals surface area (Å²) < 4.78 is 1.62. The third kappa shape index (κ3) is 1.46. The minimum Gasteiger partial charge on any atom is -0.200 e. The van der Waals surface area contributed by atoms with Crippen molar-refractivity contribution in [1.82, 2.24) is 30.2 Å². The minimum atomic E-state index is 0.404. The highest BCUT2D eigenvalue weighted by molar-refractivity contribution is 5.16. The molecule has 0 atom stereocenters. The molecule has 0 amide bonds. The Hall–Kier alpha value is -1.85. The zero-order valence-corrected chi connectivity index (χ0v) is 8.26. The third-order valence-electron chi connectivity index (χ3n) is 1.77. The molecule has 2 aromatic heterocycles. The molecule has 0 saturated heterocycles. The third-order valence-corrected chi connectivity index (χ3v) is 1.77. The fraction of sp³-hybridized carbons (Fsp3) is 0.375. The molecule has 2 aromatic rings. The molecule has 0 N–H and O–H groups in total. The molecule has 0 aliphatic carbocycles. The van der Waals surface area contributed by atoms with E-state index in [0.29, 0.717) is 11.8 Å². The van der Waals surface area contributed by atoms with Gasteiger partial charge in [-0.25, -0.2) is 4.68 Å². The van der Waals surface area contributed by atoms with Crippen LogP contribution in [0.3, 0.4) is 0 Å². The summed E-state index contributed by atoms with van der Waals surface area (Å²) in [4.78, 5) is 0. The van der Waals surface area contributed by atoms with E-state index in [1.165, 1.54) is 0 Å². The summed E-state index contributed by atoms with van der Waals surface area (Å²) >= 11 is 0. The van der Waals surface area contributed by atoms with Gasteiger partial charge in [0, 0.05) is 5.69 Å². The molecule has 0 spiro atoms. The largest absolute Gasteiger partial charge is 0.289 e. The van der Waals surface area contributed by atoms with Crippen LogP contribution in [0.25, 0.3) is 5.95 Å². The number of hydrogen-bond acceptors (Lipinski definition) is 5. The second-order valence-corrected chi connectivity index (χ2v) is 3.09. The molecule has 0 unspecified atom stereocenters. The number of aromatic nitrogens is 6. The van der Waals surface area contributed by atoms with E-state index in [-0.39, 0.29) is 0 Å². The number of aryl methyl sites for hydroxylation is 3. The Bertz CT molecular complexity index is 443. The van der Waals surface area contributed by atoms with Crippen LogP contribution >= 0.6 is 0 Å². The monoisotopic (exact) mass is 190 g/mol. The van der Waals surface area contributed by atoms with E-state index in [0.717, 1.165) is 11.4 Å². The summed E-state index contributed by atoms with van der Waals surface area (Å²) in [6.07, 6.45) is 0. The van der Waals surface area contributed by atoms with Crippen molar-refractivity contribution in [1.29, 1.82) is 0 Å². The van der Waals surface area contributed by atoms with Crippen molar-refractivity contribution in [3.8, 4) is 5.95 Å². The van der Waals surface area contributed by atoms with E-state index in [1.807, 2.05) is 19.9 Å². The molecule has 2 heterocycles. The Morgan fingerprint density at radius 2 is 1.64 bits per heavy atom. The van der Waals surface area contributed by atoms with Crippen LogP contribution in [0.4, 0.5) is 0 Å². The highest BCUT2D eigenvalue weighted by Gasteiger charge is 2.06. The number of nitrogens with zero attached hydrogens (tertiary/aromatic N) is 6. The summed E-state index contributed by atoms with van der Waals surface area (Å²) in [7, 11) is 0. The zero-order valence-electron chi connectivity index (χ0n) is 8.26. The van der Waals surface area contributed by atoms with Crippen LogP contribution in [0, 0.1) is 20.8 Å². The zero-order chi connectivity index (χ0) is 10.1. The normalized spacial score (nSPS) is 10.5. The molecule has 0 radical (unpaired) electrons. The molecule has 0 aliphatic rings. The van der Waals surface area contributed by atoms with Crippen LogP contribution in [-0.4, -0.2) is 30.2 Å². The average Bonchev–Trinajstić information content (AvgIpc) is 2.47. The first-order valence-corrected chi connectivity index (χ1v) is 4.24. The Labute approximate surface area is 81.0 Å². The summed E-state index contributed by atoms with van der Waals surface area (Å²) in [6.45, 7) is 5.59. The summed E-state index contributed by atoms with van der Waals surface area (Å²) in [5.41, 5.74) is 1.89. The van der Waals surface area contributed by atoms with E-state index >= 15 is 0 Å². The highest BCUT2D eigenvalue weighted by atomic mass is 15.4. The van der Waals surface area contributed by atoms with Crippen LogP contribution < -0.4 is 0 Å². The lowest BCUT2D eigenvalue weighted by molar-refractivity contribution is 0.693. The fourth-order valence-corrected chi connectivity index (χ4v) is 1.19. The topological polar surface area (TPSA) is 69.4 Å². The smallest absolute Gasteiger partial charge is 0.200 e. The van der Waals surface area contributed by atoms with Gasteiger partial charge in [-0.2, -0.15) is 5.10 Å². The van der Waals surface area contributed by atoms with Crippen LogP contribution in [-0.2, 0) is 0 Å². The summed E-state index contributed by atoms with van der Waals surface area (Å²) in [5.74, 6) is 0.955. The van der Waals surface area contributed by atoms with Crippen molar-refractivity contribution in [2.75, 3.05) is 0 Å². The Balaban J connectivity index is 2.49. The molecule has 6 nitrogen and oxygen atoms in total. The lowest BCUT2D eigenvalue weighted by Crippen LogP contribution is -2.08. The van der Waals surface area contributed by atoms with Crippen molar-refractivity contribution in [2.24, 2.45) is 0 Å². The van der Waals surface area contributed by atoms with Gasteiger partial charge < -0.3 is 0 Å². The van der Waals surface area contributed by atoms with E-state index in [9.17, 15) is 0 Å². The summed E-state index contributed by atoms with van der Waals surface area (Å²) in [6, 6.07) is 1.95. The predicted molar refractivity (Wildman–Crippen MR) is 49.0 cm³/mol. The Morgan fingerprint density at radius 1 is 1.00 bits per heavy atom. The summed E-state index contributed by atoms with van der Waals surface area (Å²) in [5, 5.41) is 19.7. The molecule has 0 aromatic carbocycles. The SMILES string of the molecule is Cc1cc(C)n(-c2nnc(C)nn2)n1. The second-order valence-electron chi connectivity index (χ2n) is 3.09. The molecule has 0 bridgehead atoms. The molecule has 0 aliphatic heterocycles. The van der Waals surface area contributed by atoms with E-state index in [4.69, 9.17) is 0 Å². The predicted octanol–water partition coefficient (Wildman–Crippen LogP) is 0.378. The van der Waals surface area contributed by atoms with Crippen LogP contribution in [0.5, 0.6) is 0 Å². The van der Waals surface area contributed by atoms with Gasteiger partial charge in [-0.05, 0) is 26.8 Å². The number of hydrogen-bond donors (Lipinski definition) is 0. The van der Waals surface area contributed by atoms with Gasteiger partial charge in [0.2, 0.25) is 0 Å². The average molecular weight is 190 g/mol. The van der Waals surface area contributed by atoms with Gasteiger partial charge in [0.05, 0.1) is 5.69 Å². The van der Waals surface area contributed by atoms with Gasteiger partial charge in [0.25, 0.3) is 5.95 Å². The first kappa shape index (κ1) is 8.74. The maximum atomic E-state index is 4.22. The quantitative estimate of drug-likeness (QED) is 0.650. The van der Waals surface area contributed by atoms with Gasteiger partial charge in [-0.1, -0.05) is 0 Å². The lowest BCUT2D eigenvalue weighted by Gasteiger charge is -1.98. The van der Waals surface area contributed by atoms with Crippen LogP contribution in [0.2, 0.25) is 0 Å². The number of rotatable bonds is 1. The lowest BCUT2D eigenvalue weighted by atomic mass is 10.4. The second kappa shape index (κ2) is 3.13. The van der Waals surface area contributed by atoms with E-state index in [2.05, 4.69) is 25.5 Å². The Kier molecular flexibility index (Phi) is 1.95. The minimum absolute atomic E-state index is 0.404. The molecular formula is C8H10N6. The van der Waals surface area contributed by atoms with Gasteiger partial charge >= 0.3 is 0 Å². The van der Waals surface area contributed by atoms with Crippen molar-refractivity contribution in [3.05, 3.63) is 23.3 Å². The molecule has 2 rings (SSSR count). The molecular weight excluding hydrogens is 180 g/mol. The molecule has 6 heteroatoms. The first-order chi connectivity index (χ1) is 6.66. The maximum Gasteiger partial charge on any atom is 0.289 e. The maximum absolute atomic E-state index is 4.22. The van der Waals surface area contributed by atoms with Gasteiger partial charge in [-0.15, -0.1) is 20.4 Å². The molecule has 72 valence electrons. The highest BCUT2D eigenvalue weighted by Crippen LogP contribution is 2.05. The molecule has 0 saturated carbocycles. The fourth-order valence-electron chi connectivity index (χ4n) is 1.19. The van der Waals surface area contributed by atoms with Gasteiger partial charge in [-0.3, -0.25) is 0 Å². The van der Waals surface area contributed by atoms with E-state index in [1.54, 1.807) is 11.6 Å². The molecule has 0 fully saturated rings. The van der Waals surface area contributed by atoms with E-state index < -0.39 is 0 Å². The van der Waals surface area contributed by atoms with Crippen molar-refractivity contribution in [2.45, 2.75) is 20.8 Å². The van der Waals surface area contributed by atoms with Gasteiger partial charge in [0.1, 0.15) is 0 Å². The Morgan fingerprint density at radius 3 is 2.14 bits per heavy atom. The van der Waals surface area contributed by atoms with Crippen molar-refractivity contribution < 1.29 is 0 Å². The standard InChI is InChI=1S/C8H10N6/c1-5-4-6(2)14(13-5)8-11-9-7(3)10-12-8/h4H,1-3H3. The van der Waals surface area contributed by atoms with Crippen molar-refractivity contribution in [3.63, 3.8) is 0 Å². The first-order valence-electron chi connectivity index (χ1n) is 4.24. The van der Waals surface area contributed by atoms with Crippen molar-refractivity contribution >= 4 is 0 Å². The van der Waals surface area contributed by atoms with Crippen LogP contribution in [0.15, 0.2) is 6.07 Å². The van der Waals surface area contributed by atoms with Crippen LogP contribution in [0.1, 0.15) is 17.2 Å². The molecule has 14 heavy (non-hydrogen) atoms. The van der Waals surface area contributed by atoms with Gasteiger partial charge in [0.15, 0.2) is 5.82 Å².